The van der Waals surface area contributed by atoms with Crippen molar-refractivity contribution in [3.8, 4) is 0 Å². The van der Waals surface area contributed by atoms with E-state index in [1.165, 1.54) is 0 Å². The fourth-order valence-corrected chi connectivity index (χ4v) is 5.94. The van der Waals surface area contributed by atoms with Gasteiger partial charge in [-0.1, -0.05) is 36.4 Å². The SMILES string of the molecule is CN1OC2(CC2)C2CN(S(=O)(=O)c3ccccc3)c3ccccc3C21. The van der Waals surface area contributed by atoms with Crippen molar-refractivity contribution < 1.29 is 13.3 Å². The Balaban J connectivity index is 1.66. The third-order valence-corrected chi connectivity index (χ3v) is 7.53. The van der Waals surface area contributed by atoms with Crippen LogP contribution in [0.5, 0.6) is 0 Å². The Morgan fingerprint density at radius 2 is 1.72 bits per heavy atom. The second-order valence-corrected chi connectivity index (χ2v) is 9.02. The first-order chi connectivity index (χ1) is 12.0. The predicted molar refractivity (Wildman–Crippen MR) is 94.5 cm³/mol. The summed E-state index contributed by atoms with van der Waals surface area (Å²) in [6.07, 6.45) is 2.00. The monoisotopic (exact) mass is 356 g/mol. The highest BCUT2D eigenvalue weighted by Gasteiger charge is 2.63. The zero-order valence-corrected chi connectivity index (χ0v) is 14.8. The molecule has 0 radical (unpaired) electrons. The molecule has 0 aromatic heterocycles. The molecule has 130 valence electrons. The second-order valence-electron chi connectivity index (χ2n) is 7.16. The summed E-state index contributed by atoms with van der Waals surface area (Å²) >= 11 is 0. The standard InChI is InChI=1S/C19H20N2O3S/c1-20-18-15-9-5-6-10-17(15)21(13-16(18)19(24-20)11-12-19)25(22,23)14-7-3-2-4-8-14/h2-10,16,18H,11-13H2,1H3. The molecule has 25 heavy (non-hydrogen) atoms. The quantitative estimate of drug-likeness (QED) is 0.830. The molecule has 0 N–H and O–H groups in total. The van der Waals surface area contributed by atoms with Crippen LogP contribution in [0.2, 0.25) is 0 Å². The van der Waals surface area contributed by atoms with E-state index < -0.39 is 10.0 Å². The molecule has 1 saturated heterocycles. The van der Waals surface area contributed by atoms with Gasteiger partial charge < -0.3 is 0 Å². The normalized spacial score (nSPS) is 27.2. The minimum absolute atomic E-state index is 0.112. The number of anilines is 1. The molecule has 5 rings (SSSR count). The van der Waals surface area contributed by atoms with Crippen LogP contribution in [-0.4, -0.2) is 32.7 Å². The van der Waals surface area contributed by atoms with Crippen LogP contribution >= 0.6 is 0 Å². The molecule has 2 aromatic rings. The van der Waals surface area contributed by atoms with E-state index in [1.807, 2.05) is 42.4 Å². The number of rotatable bonds is 2. The van der Waals surface area contributed by atoms with E-state index in [1.54, 1.807) is 28.6 Å². The molecule has 1 saturated carbocycles. The van der Waals surface area contributed by atoms with Crippen molar-refractivity contribution in [1.29, 1.82) is 0 Å². The van der Waals surface area contributed by atoms with Crippen LogP contribution in [-0.2, 0) is 14.9 Å². The van der Waals surface area contributed by atoms with Crippen molar-refractivity contribution in [1.82, 2.24) is 5.06 Å². The smallest absolute Gasteiger partial charge is 0.264 e. The highest BCUT2D eigenvalue weighted by atomic mass is 32.2. The molecule has 2 atom stereocenters. The fourth-order valence-electron chi connectivity index (χ4n) is 4.41. The Labute approximate surface area is 147 Å². The summed E-state index contributed by atoms with van der Waals surface area (Å²) in [4.78, 5) is 6.48. The maximum absolute atomic E-state index is 13.3. The number of hydroxylamine groups is 2. The molecule has 1 spiro atoms. The number of sulfonamides is 1. The average Bonchev–Trinajstić information content (AvgIpc) is 3.34. The second kappa shape index (κ2) is 5.06. The van der Waals surface area contributed by atoms with Crippen molar-refractivity contribution >= 4 is 15.7 Å². The Bertz CT molecular complexity index is 925. The minimum atomic E-state index is -3.59. The largest absolute Gasteiger partial charge is 0.292 e. The minimum Gasteiger partial charge on any atom is -0.292 e. The van der Waals surface area contributed by atoms with Gasteiger partial charge in [-0.2, -0.15) is 5.06 Å². The van der Waals surface area contributed by atoms with E-state index in [0.717, 1.165) is 24.1 Å². The number of fused-ring (bicyclic) bond motifs is 4. The van der Waals surface area contributed by atoms with Crippen molar-refractivity contribution in [2.45, 2.75) is 29.4 Å². The topological polar surface area (TPSA) is 49.9 Å². The number of hydrogen-bond acceptors (Lipinski definition) is 4. The van der Waals surface area contributed by atoms with Gasteiger partial charge in [-0.25, -0.2) is 8.42 Å². The van der Waals surface area contributed by atoms with Gasteiger partial charge in [0.1, 0.15) is 0 Å². The van der Waals surface area contributed by atoms with E-state index in [9.17, 15) is 8.42 Å². The molecule has 1 aliphatic carbocycles. The summed E-state index contributed by atoms with van der Waals surface area (Å²) < 4.78 is 28.2. The summed E-state index contributed by atoms with van der Waals surface area (Å²) in [5, 5.41) is 1.93. The lowest BCUT2D eigenvalue weighted by Gasteiger charge is -2.38. The lowest BCUT2D eigenvalue weighted by atomic mass is 9.84. The Hall–Kier alpha value is -1.89. The maximum atomic E-state index is 13.3. The molecule has 6 heteroatoms. The zero-order chi connectivity index (χ0) is 17.2. The van der Waals surface area contributed by atoms with Crippen LogP contribution < -0.4 is 4.31 Å². The molecular weight excluding hydrogens is 336 g/mol. The van der Waals surface area contributed by atoms with E-state index in [-0.39, 0.29) is 17.6 Å². The van der Waals surface area contributed by atoms with E-state index >= 15 is 0 Å². The number of benzene rings is 2. The molecule has 2 aliphatic heterocycles. The number of nitrogens with zero attached hydrogens (tertiary/aromatic N) is 2. The summed E-state index contributed by atoms with van der Waals surface area (Å²) in [7, 11) is -1.63. The molecule has 2 fully saturated rings. The average molecular weight is 356 g/mol. The van der Waals surface area contributed by atoms with Crippen molar-refractivity contribution in [3.63, 3.8) is 0 Å². The van der Waals surface area contributed by atoms with Crippen LogP contribution in [0.3, 0.4) is 0 Å². The first kappa shape index (κ1) is 15.4. The Kier molecular flexibility index (Phi) is 3.11. The molecule has 2 heterocycles. The van der Waals surface area contributed by atoms with E-state index in [4.69, 9.17) is 4.84 Å². The lowest BCUT2D eigenvalue weighted by molar-refractivity contribution is -0.155. The molecular formula is C19H20N2O3S. The first-order valence-corrected chi connectivity index (χ1v) is 10.1. The first-order valence-electron chi connectivity index (χ1n) is 8.62. The molecule has 0 bridgehead atoms. The summed E-state index contributed by atoms with van der Waals surface area (Å²) in [6, 6.07) is 16.6. The van der Waals surface area contributed by atoms with Gasteiger partial charge in [0.2, 0.25) is 0 Å². The molecule has 3 aliphatic rings. The summed E-state index contributed by atoms with van der Waals surface area (Å²) in [5.41, 5.74) is 1.61. The molecule has 2 unspecified atom stereocenters. The Morgan fingerprint density at radius 1 is 1.04 bits per heavy atom. The third kappa shape index (κ3) is 2.11. The van der Waals surface area contributed by atoms with E-state index in [2.05, 4.69) is 0 Å². The van der Waals surface area contributed by atoms with Gasteiger partial charge in [0.15, 0.2) is 0 Å². The van der Waals surface area contributed by atoms with Gasteiger partial charge >= 0.3 is 0 Å². The van der Waals surface area contributed by atoms with Gasteiger partial charge in [0.25, 0.3) is 10.0 Å². The van der Waals surface area contributed by atoms with Crippen LogP contribution in [0.15, 0.2) is 59.5 Å². The van der Waals surface area contributed by atoms with Crippen LogP contribution in [0.1, 0.15) is 24.4 Å². The zero-order valence-electron chi connectivity index (χ0n) is 14.0. The van der Waals surface area contributed by atoms with Crippen molar-refractivity contribution in [2.75, 3.05) is 17.9 Å². The molecule has 2 aromatic carbocycles. The molecule has 5 nitrogen and oxygen atoms in total. The van der Waals surface area contributed by atoms with Gasteiger partial charge in [-0.3, -0.25) is 9.14 Å². The summed E-state index contributed by atoms with van der Waals surface area (Å²) in [5.74, 6) is 0.158. The highest BCUT2D eigenvalue weighted by Crippen LogP contribution is 2.60. The van der Waals surface area contributed by atoms with Crippen molar-refractivity contribution in [2.24, 2.45) is 5.92 Å². The van der Waals surface area contributed by atoms with Crippen LogP contribution in [0, 0.1) is 5.92 Å². The Morgan fingerprint density at radius 3 is 2.44 bits per heavy atom. The molecule has 0 amide bonds. The van der Waals surface area contributed by atoms with Crippen LogP contribution in [0.25, 0.3) is 0 Å². The third-order valence-electron chi connectivity index (χ3n) is 5.74. The van der Waals surface area contributed by atoms with Gasteiger partial charge in [-0.15, -0.1) is 0 Å². The fraction of sp³-hybridized carbons (Fsp3) is 0.368. The highest BCUT2D eigenvalue weighted by molar-refractivity contribution is 7.92. The van der Waals surface area contributed by atoms with Gasteiger partial charge in [0, 0.05) is 19.5 Å². The number of hydrogen-bond donors (Lipinski definition) is 0. The van der Waals surface area contributed by atoms with Crippen molar-refractivity contribution in [3.05, 3.63) is 60.2 Å². The van der Waals surface area contributed by atoms with E-state index in [0.29, 0.717) is 11.4 Å². The van der Waals surface area contributed by atoms with Crippen LogP contribution in [0.4, 0.5) is 5.69 Å². The maximum Gasteiger partial charge on any atom is 0.264 e. The summed E-state index contributed by atoms with van der Waals surface area (Å²) in [6.45, 7) is 0.462. The number of para-hydroxylation sites is 1. The lowest BCUT2D eigenvalue weighted by Crippen LogP contribution is -2.44. The predicted octanol–water partition coefficient (Wildman–Crippen LogP) is 2.96. The van der Waals surface area contributed by atoms with Gasteiger partial charge in [0.05, 0.1) is 22.2 Å². The van der Waals surface area contributed by atoms with Gasteiger partial charge in [-0.05, 0) is 36.6 Å².